The van der Waals surface area contributed by atoms with Crippen molar-refractivity contribution in [2.24, 2.45) is 0 Å². The highest BCUT2D eigenvalue weighted by molar-refractivity contribution is 5.85. The van der Waals surface area contributed by atoms with Crippen molar-refractivity contribution in [2.75, 3.05) is 11.5 Å². The number of nitrogens with zero attached hydrogens (tertiary/aromatic N) is 4. The van der Waals surface area contributed by atoms with Crippen LogP contribution in [0.3, 0.4) is 0 Å². The second kappa shape index (κ2) is 8.67. The van der Waals surface area contributed by atoms with Crippen LogP contribution in [-0.2, 0) is 0 Å². The molecule has 0 aliphatic carbocycles. The van der Waals surface area contributed by atoms with Crippen molar-refractivity contribution in [2.45, 2.75) is 0 Å². The second-order valence-corrected chi connectivity index (χ2v) is 7.59. The maximum atomic E-state index is 15.0. The Hall–Kier alpha value is -4.72. The standard InChI is InChI=1S/C26H18F2N6/c27-22-9-15(5-7-20(22)17-11-33-26(30)34-12-17)18-3-1-2-4-19(18)16-6-8-21(23(28)10-16)24-13-32-25(29)14-31-24/h1-14H,(H2,29,32)(H2,30,33,34). The highest BCUT2D eigenvalue weighted by Gasteiger charge is 2.14. The third-order valence-corrected chi connectivity index (χ3v) is 5.42. The fourth-order valence-electron chi connectivity index (χ4n) is 3.75. The fourth-order valence-corrected chi connectivity index (χ4v) is 3.75. The summed E-state index contributed by atoms with van der Waals surface area (Å²) in [5.74, 6) is -0.492. The lowest BCUT2D eigenvalue weighted by Crippen LogP contribution is -1.95. The Balaban J connectivity index is 1.53. The number of hydrogen-bond donors (Lipinski definition) is 2. The van der Waals surface area contributed by atoms with Crippen LogP contribution in [0.25, 0.3) is 44.6 Å². The van der Waals surface area contributed by atoms with Crippen LogP contribution in [0.2, 0.25) is 0 Å². The first-order valence-electron chi connectivity index (χ1n) is 10.3. The van der Waals surface area contributed by atoms with Crippen LogP contribution in [0.15, 0.2) is 85.5 Å². The molecule has 0 saturated heterocycles. The van der Waals surface area contributed by atoms with Crippen molar-refractivity contribution in [3.05, 3.63) is 97.1 Å². The van der Waals surface area contributed by atoms with E-state index in [-0.39, 0.29) is 11.8 Å². The number of aromatic nitrogens is 4. The molecule has 0 amide bonds. The van der Waals surface area contributed by atoms with Crippen molar-refractivity contribution in [3.8, 4) is 44.6 Å². The number of anilines is 2. The summed E-state index contributed by atoms with van der Waals surface area (Å²) in [6.07, 6.45) is 5.76. The van der Waals surface area contributed by atoms with Gasteiger partial charge >= 0.3 is 0 Å². The minimum absolute atomic E-state index is 0.122. The first-order chi connectivity index (χ1) is 16.5. The molecule has 2 heterocycles. The summed E-state index contributed by atoms with van der Waals surface area (Å²) < 4.78 is 30.0. The Bertz CT molecular complexity index is 1370. The Morgan fingerprint density at radius 1 is 0.529 bits per heavy atom. The summed E-state index contributed by atoms with van der Waals surface area (Å²) in [4.78, 5) is 16.0. The zero-order chi connectivity index (χ0) is 23.7. The summed E-state index contributed by atoms with van der Waals surface area (Å²) in [6.45, 7) is 0. The van der Waals surface area contributed by atoms with Crippen LogP contribution in [0, 0.1) is 11.6 Å². The van der Waals surface area contributed by atoms with Crippen LogP contribution < -0.4 is 11.5 Å². The second-order valence-electron chi connectivity index (χ2n) is 7.59. The Kier molecular flexibility index (Phi) is 5.39. The molecule has 0 aliphatic rings. The highest BCUT2D eigenvalue weighted by Crippen LogP contribution is 2.36. The van der Waals surface area contributed by atoms with Crippen LogP contribution in [-0.4, -0.2) is 19.9 Å². The number of nitrogens with two attached hydrogens (primary N) is 2. The quantitative estimate of drug-likeness (QED) is 0.380. The number of rotatable bonds is 4. The Morgan fingerprint density at radius 3 is 1.65 bits per heavy atom. The average Bonchev–Trinajstić information content (AvgIpc) is 2.85. The van der Waals surface area contributed by atoms with E-state index in [1.54, 1.807) is 18.2 Å². The largest absolute Gasteiger partial charge is 0.382 e. The van der Waals surface area contributed by atoms with E-state index in [0.29, 0.717) is 33.5 Å². The molecule has 3 aromatic carbocycles. The fraction of sp³-hybridized carbons (Fsp3) is 0. The SMILES string of the molecule is Nc1cnc(-c2ccc(-c3ccccc3-c3ccc(-c4cnc(N)nc4)c(F)c3)cc2F)cn1. The maximum Gasteiger partial charge on any atom is 0.219 e. The molecule has 0 radical (unpaired) electrons. The molecule has 6 nitrogen and oxygen atoms in total. The van der Waals surface area contributed by atoms with Gasteiger partial charge in [0, 0.05) is 29.1 Å². The van der Waals surface area contributed by atoms with E-state index in [1.807, 2.05) is 30.3 Å². The van der Waals surface area contributed by atoms with Crippen LogP contribution in [0.1, 0.15) is 0 Å². The van der Waals surface area contributed by atoms with Gasteiger partial charge in [-0.25, -0.2) is 23.7 Å². The lowest BCUT2D eigenvalue weighted by Gasteiger charge is -2.13. The molecule has 0 saturated carbocycles. The van der Waals surface area contributed by atoms with Gasteiger partial charge in [-0.15, -0.1) is 0 Å². The van der Waals surface area contributed by atoms with Gasteiger partial charge in [0.15, 0.2) is 0 Å². The van der Waals surface area contributed by atoms with E-state index < -0.39 is 11.6 Å². The summed E-state index contributed by atoms with van der Waals surface area (Å²) in [6, 6.07) is 17.2. The monoisotopic (exact) mass is 452 g/mol. The van der Waals surface area contributed by atoms with Gasteiger partial charge < -0.3 is 11.5 Å². The smallest absolute Gasteiger partial charge is 0.219 e. The molecular weight excluding hydrogens is 434 g/mol. The molecule has 0 atom stereocenters. The molecule has 2 aromatic heterocycles. The van der Waals surface area contributed by atoms with Crippen LogP contribution in [0.4, 0.5) is 20.5 Å². The third kappa shape index (κ3) is 4.04. The van der Waals surface area contributed by atoms with E-state index in [1.165, 1.54) is 36.9 Å². The van der Waals surface area contributed by atoms with Crippen LogP contribution >= 0.6 is 0 Å². The predicted octanol–water partition coefficient (Wildman–Crippen LogP) is 5.38. The average molecular weight is 452 g/mol. The number of halogens is 2. The molecule has 166 valence electrons. The van der Waals surface area contributed by atoms with E-state index in [2.05, 4.69) is 19.9 Å². The number of benzene rings is 3. The van der Waals surface area contributed by atoms with Gasteiger partial charge in [-0.2, -0.15) is 0 Å². The van der Waals surface area contributed by atoms with E-state index in [0.717, 1.165) is 11.1 Å². The zero-order valence-electron chi connectivity index (χ0n) is 17.8. The van der Waals surface area contributed by atoms with Gasteiger partial charge in [-0.3, -0.25) is 4.98 Å². The maximum absolute atomic E-state index is 15.0. The molecule has 5 rings (SSSR count). The molecule has 0 fully saturated rings. The molecule has 0 aliphatic heterocycles. The minimum atomic E-state index is -0.448. The van der Waals surface area contributed by atoms with Crippen molar-refractivity contribution in [3.63, 3.8) is 0 Å². The lowest BCUT2D eigenvalue weighted by atomic mass is 9.92. The molecule has 8 heteroatoms. The van der Waals surface area contributed by atoms with Gasteiger partial charge in [-0.1, -0.05) is 42.5 Å². The third-order valence-electron chi connectivity index (χ3n) is 5.42. The predicted molar refractivity (Wildman–Crippen MR) is 128 cm³/mol. The number of nitrogen functional groups attached to an aromatic ring is 2. The first kappa shape index (κ1) is 21.1. The Morgan fingerprint density at radius 2 is 1.12 bits per heavy atom. The van der Waals surface area contributed by atoms with E-state index in [9.17, 15) is 0 Å². The molecule has 0 spiro atoms. The number of hydrogen-bond acceptors (Lipinski definition) is 6. The van der Waals surface area contributed by atoms with Gasteiger partial charge in [0.1, 0.15) is 17.5 Å². The lowest BCUT2D eigenvalue weighted by molar-refractivity contribution is 0.630. The van der Waals surface area contributed by atoms with E-state index in [4.69, 9.17) is 11.5 Å². The van der Waals surface area contributed by atoms with Crippen molar-refractivity contribution >= 4 is 11.8 Å². The summed E-state index contributed by atoms with van der Waals surface area (Å²) in [5, 5.41) is 0. The first-order valence-corrected chi connectivity index (χ1v) is 10.3. The summed E-state index contributed by atoms with van der Waals surface area (Å²) >= 11 is 0. The van der Waals surface area contributed by atoms with E-state index >= 15 is 8.78 Å². The van der Waals surface area contributed by atoms with Gasteiger partial charge in [0.25, 0.3) is 0 Å². The van der Waals surface area contributed by atoms with Crippen molar-refractivity contribution in [1.82, 2.24) is 19.9 Å². The van der Waals surface area contributed by atoms with Gasteiger partial charge in [-0.05, 0) is 40.5 Å². The topological polar surface area (TPSA) is 104 Å². The molecule has 0 bridgehead atoms. The van der Waals surface area contributed by atoms with Crippen molar-refractivity contribution in [1.29, 1.82) is 0 Å². The molecule has 4 N–H and O–H groups in total. The van der Waals surface area contributed by atoms with Crippen LogP contribution in [0.5, 0.6) is 0 Å². The van der Waals surface area contributed by atoms with Gasteiger partial charge in [0.05, 0.1) is 18.1 Å². The molecular formula is C26H18F2N6. The summed E-state index contributed by atoms with van der Waals surface area (Å²) in [5.41, 5.74) is 15.5. The minimum Gasteiger partial charge on any atom is -0.382 e. The van der Waals surface area contributed by atoms with Gasteiger partial charge in [0.2, 0.25) is 5.95 Å². The Labute approximate surface area is 194 Å². The normalized spacial score (nSPS) is 10.9. The van der Waals surface area contributed by atoms with Crippen molar-refractivity contribution < 1.29 is 8.78 Å². The molecule has 5 aromatic rings. The highest BCUT2D eigenvalue weighted by atomic mass is 19.1. The zero-order valence-corrected chi connectivity index (χ0v) is 17.8. The molecule has 0 unspecified atom stereocenters. The summed E-state index contributed by atoms with van der Waals surface area (Å²) in [7, 11) is 0. The molecule has 34 heavy (non-hydrogen) atoms.